The van der Waals surface area contributed by atoms with E-state index in [1.807, 2.05) is 18.2 Å². The average Bonchev–Trinajstić information content (AvgIpc) is 3.20. The molecule has 0 aliphatic carbocycles. The van der Waals surface area contributed by atoms with E-state index in [1.54, 1.807) is 30.6 Å². The number of hydrogen-bond acceptors (Lipinski definition) is 2. The Bertz CT molecular complexity index is 1230. The minimum absolute atomic E-state index is 0.343. The maximum absolute atomic E-state index is 13.2. The van der Waals surface area contributed by atoms with E-state index in [0.29, 0.717) is 22.4 Å². The summed E-state index contributed by atoms with van der Waals surface area (Å²) in [6.45, 7) is 0. The third kappa shape index (κ3) is 4.25. The first-order valence-corrected chi connectivity index (χ1v) is 9.08. The second-order valence-corrected chi connectivity index (χ2v) is 6.64. The molecule has 0 unspecified atom stereocenters. The Balaban J connectivity index is 1.61. The Morgan fingerprint density at radius 1 is 1.07 bits per heavy atom. The van der Waals surface area contributed by atoms with Gasteiger partial charge in [0.2, 0.25) is 5.91 Å². The summed E-state index contributed by atoms with van der Waals surface area (Å²) < 4.78 is 39.5. The van der Waals surface area contributed by atoms with Gasteiger partial charge in [-0.25, -0.2) is 0 Å². The van der Waals surface area contributed by atoms with Crippen LogP contribution in [0.5, 0.6) is 0 Å². The van der Waals surface area contributed by atoms with Crippen LogP contribution in [0.2, 0.25) is 0 Å². The fourth-order valence-electron chi connectivity index (χ4n) is 3.13. The summed E-state index contributed by atoms with van der Waals surface area (Å²) >= 11 is 0. The van der Waals surface area contributed by atoms with E-state index in [0.717, 1.165) is 23.0 Å². The largest absolute Gasteiger partial charge is 0.416 e. The highest BCUT2D eigenvalue weighted by molar-refractivity contribution is 6.03. The number of alkyl halides is 3. The summed E-state index contributed by atoms with van der Waals surface area (Å²) in [6.07, 6.45) is 3.16. The van der Waals surface area contributed by atoms with Crippen LogP contribution in [0.3, 0.4) is 0 Å². The third-order valence-corrected chi connectivity index (χ3v) is 4.59. The Labute approximate surface area is 170 Å². The van der Waals surface area contributed by atoms with Gasteiger partial charge in [0.25, 0.3) is 0 Å². The second-order valence-electron chi connectivity index (χ2n) is 6.64. The number of rotatable bonds is 4. The van der Waals surface area contributed by atoms with E-state index in [4.69, 9.17) is 0 Å². The lowest BCUT2D eigenvalue weighted by Gasteiger charge is -2.12. The molecule has 0 aliphatic rings. The highest BCUT2D eigenvalue weighted by Gasteiger charge is 2.31. The molecule has 2 aromatic carbocycles. The standard InChI is InChI=1S/C23H16F3N3O/c24-23(25,26)18-5-3-15(20(13-18)17-2-1-10-27-14-17)4-8-22(30)29-19-6-7-21-16(12-19)9-11-28-21/h1-14,28H,(H,29,30). The predicted molar refractivity (Wildman–Crippen MR) is 111 cm³/mol. The van der Waals surface area contributed by atoms with E-state index in [-0.39, 0.29) is 5.91 Å². The van der Waals surface area contributed by atoms with Crippen LogP contribution in [-0.2, 0) is 11.0 Å². The number of pyridine rings is 1. The molecule has 0 spiro atoms. The van der Waals surface area contributed by atoms with E-state index in [1.165, 1.54) is 24.4 Å². The first-order chi connectivity index (χ1) is 14.4. The van der Waals surface area contributed by atoms with Crippen molar-refractivity contribution in [3.8, 4) is 11.1 Å². The van der Waals surface area contributed by atoms with Gasteiger partial charge in [0.05, 0.1) is 5.56 Å². The van der Waals surface area contributed by atoms with Gasteiger partial charge >= 0.3 is 6.18 Å². The summed E-state index contributed by atoms with van der Waals surface area (Å²) in [5, 5.41) is 3.71. The van der Waals surface area contributed by atoms with Crippen molar-refractivity contribution in [2.75, 3.05) is 5.32 Å². The number of benzene rings is 2. The van der Waals surface area contributed by atoms with E-state index in [9.17, 15) is 18.0 Å². The quantitative estimate of drug-likeness (QED) is 0.414. The first-order valence-electron chi connectivity index (χ1n) is 9.08. The minimum Gasteiger partial charge on any atom is -0.361 e. The Hall–Kier alpha value is -3.87. The summed E-state index contributed by atoms with van der Waals surface area (Å²) in [5.41, 5.74) is 2.17. The second kappa shape index (κ2) is 7.87. The number of carbonyl (C=O) groups excluding carboxylic acids is 1. The van der Waals surface area contributed by atoms with Crippen LogP contribution < -0.4 is 5.32 Å². The number of aromatic amines is 1. The highest BCUT2D eigenvalue weighted by atomic mass is 19.4. The monoisotopic (exact) mass is 407 g/mol. The number of anilines is 1. The maximum atomic E-state index is 13.2. The lowest BCUT2D eigenvalue weighted by Crippen LogP contribution is -2.08. The molecule has 0 atom stereocenters. The molecular formula is C23H16F3N3O. The number of hydrogen-bond donors (Lipinski definition) is 2. The van der Waals surface area contributed by atoms with Crippen molar-refractivity contribution in [1.82, 2.24) is 9.97 Å². The van der Waals surface area contributed by atoms with Gasteiger partial charge in [-0.05, 0) is 59.7 Å². The van der Waals surface area contributed by atoms with E-state index < -0.39 is 11.7 Å². The molecule has 2 aromatic heterocycles. The van der Waals surface area contributed by atoms with E-state index in [2.05, 4.69) is 15.3 Å². The molecule has 0 saturated carbocycles. The predicted octanol–water partition coefficient (Wildman–Crippen LogP) is 5.90. The smallest absolute Gasteiger partial charge is 0.361 e. The normalized spacial score (nSPS) is 11.8. The van der Waals surface area contributed by atoms with Gasteiger partial charge in [0, 0.05) is 46.8 Å². The molecule has 4 aromatic rings. The molecule has 0 saturated heterocycles. The van der Waals surface area contributed by atoms with Crippen molar-refractivity contribution in [1.29, 1.82) is 0 Å². The van der Waals surface area contributed by atoms with Gasteiger partial charge < -0.3 is 10.3 Å². The molecule has 0 aliphatic heterocycles. The Morgan fingerprint density at radius 3 is 2.70 bits per heavy atom. The van der Waals surface area contributed by atoms with Crippen LogP contribution in [0.15, 0.2) is 79.3 Å². The van der Waals surface area contributed by atoms with Gasteiger partial charge in [-0.2, -0.15) is 13.2 Å². The molecule has 2 heterocycles. The van der Waals surface area contributed by atoms with Crippen molar-refractivity contribution < 1.29 is 18.0 Å². The van der Waals surface area contributed by atoms with Crippen LogP contribution in [0.1, 0.15) is 11.1 Å². The summed E-state index contributed by atoms with van der Waals surface area (Å²) in [5.74, 6) is -0.387. The van der Waals surface area contributed by atoms with Gasteiger partial charge in [-0.1, -0.05) is 12.1 Å². The fraction of sp³-hybridized carbons (Fsp3) is 0.0435. The number of carbonyl (C=O) groups is 1. The van der Waals surface area contributed by atoms with Gasteiger partial charge in [-0.3, -0.25) is 9.78 Å². The lowest BCUT2D eigenvalue weighted by atomic mass is 9.97. The van der Waals surface area contributed by atoms with Crippen LogP contribution in [0.4, 0.5) is 18.9 Å². The zero-order valence-corrected chi connectivity index (χ0v) is 15.6. The molecule has 7 heteroatoms. The van der Waals surface area contributed by atoms with Crippen LogP contribution in [0.25, 0.3) is 28.1 Å². The average molecular weight is 407 g/mol. The maximum Gasteiger partial charge on any atom is 0.416 e. The number of nitrogens with one attached hydrogen (secondary N) is 2. The van der Waals surface area contributed by atoms with Gasteiger partial charge in [-0.15, -0.1) is 0 Å². The van der Waals surface area contributed by atoms with Crippen molar-refractivity contribution in [2.24, 2.45) is 0 Å². The number of H-pyrrole nitrogens is 1. The van der Waals surface area contributed by atoms with Gasteiger partial charge in [0.15, 0.2) is 0 Å². The number of aromatic nitrogens is 2. The molecule has 0 fully saturated rings. The SMILES string of the molecule is O=C(C=Cc1ccc(C(F)(F)F)cc1-c1cccnc1)Nc1ccc2[nH]ccc2c1. The fourth-order valence-corrected chi connectivity index (χ4v) is 3.13. The minimum atomic E-state index is -4.46. The third-order valence-electron chi connectivity index (χ3n) is 4.59. The molecule has 150 valence electrons. The lowest BCUT2D eigenvalue weighted by molar-refractivity contribution is -0.137. The molecule has 0 radical (unpaired) electrons. The van der Waals surface area contributed by atoms with Crippen LogP contribution in [-0.4, -0.2) is 15.9 Å². The molecule has 2 N–H and O–H groups in total. The summed E-state index contributed by atoms with van der Waals surface area (Å²) in [7, 11) is 0. The number of nitrogens with zero attached hydrogens (tertiary/aromatic N) is 1. The molecular weight excluding hydrogens is 391 g/mol. The number of amides is 1. The first kappa shape index (κ1) is 19.4. The number of halogens is 3. The molecule has 4 rings (SSSR count). The summed E-state index contributed by atoms with van der Waals surface area (Å²) in [4.78, 5) is 19.4. The van der Waals surface area contributed by atoms with E-state index >= 15 is 0 Å². The zero-order chi connectivity index (χ0) is 21.1. The van der Waals surface area contributed by atoms with Crippen LogP contribution >= 0.6 is 0 Å². The van der Waals surface area contributed by atoms with Crippen molar-refractivity contribution in [3.63, 3.8) is 0 Å². The van der Waals surface area contributed by atoms with Crippen molar-refractivity contribution >= 4 is 28.6 Å². The zero-order valence-electron chi connectivity index (χ0n) is 15.6. The molecule has 0 bridgehead atoms. The number of fused-ring (bicyclic) bond motifs is 1. The van der Waals surface area contributed by atoms with Crippen molar-refractivity contribution in [3.05, 3.63) is 90.4 Å². The van der Waals surface area contributed by atoms with Gasteiger partial charge in [0.1, 0.15) is 0 Å². The summed E-state index contributed by atoms with van der Waals surface area (Å²) in [6, 6.07) is 14.1. The molecule has 4 nitrogen and oxygen atoms in total. The van der Waals surface area contributed by atoms with Crippen LogP contribution in [0, 0.1) is 0 Å². The Morgan fingerprint density at radius 2 is 1.93 bits per heavy atom. The Kier molecular flexibility index (Phi) is 5.10. The molecule has 30 heavy (non-hydrogen) atoms. The highest BCUT2D eigenvalue weighted by Crippen LogP contribution is 2.34. The van der Waals surface area contributed by atoms with Crippen molar-refractivity contribution in [2.45, 2.75) is 6.18 Å². The molecule has 1 amide bonds. The topological polar surface area (TPSA) is 57.8 Å².